The lowest BCUT2D eigenvalue weighted by molar-refractivity contribution is -0.139. The maximum Gasteiger partial charge on any atom is 0.295 e. The first kappa shape index (κ1) is 22.4. The number of benzene rings is 1. The second-order valence-electron chi connectivity index (χ2n) is 7.84. The number of amides is 1. The van der Waals surface area contributed by atoms with Gasteiger partial charge >= 0.3 is 0 Å². The number of hydrogen-bond donors (Lipinski definition) is 1. The van der Waals surface area contributed by atoms with Crippen molar-refractivity contribution in [2.45, 2.75) is 26.3 Å². The highest BCUT2D eigenvalue weighted by Crippen LogP contribution is 2.40. The SMILES string of the molecule is COc1ccc([C@H]2C(=C(O)c3cnc(C)nc3C)C(=O)C(=O)N2CCCN(C)C)cc1. The van der Waals surface area contributed by atoms with Crippen molar-refractivity contribution in [3.63, 3.8) is 0 Å². The van der Waals surface area contributed by atoms with Crippen molar-refractivity contribution in [3.8, 4) is 5.75 Å². The first-order chi connectivity index (χ1) is 14.7. The van der Waals surface area contributed by atoms with E-state index in [0.717, 1.165) is 12.1 Å². The van der Waals surface area contributed by atoms with Crippen LogP contribution < -0.4 is 4.74 Å². The van der Waals surface area contributed by atoms with Crippen LogP contribution in [0.1, 0.15) is 35.1 Å². The number of likely N-dealkylation sites (tertiary alicyclic amines) is 1. The third-order valence-corrected chi connectivity index (χ3v) is 5.33. The topological polar surface area (TPSA) is 95.9 Å². The van der Waals surface area contributed by atoms with E-state index in [9.17, 15) is 14.7 Å². The summed E-state index contributed by atoms with van der Waals surface area (Å²) in [6, 6.07) is 6.46. The van der Waals surface area contributed by atoms with Gasteiger partial charge in [0.15, 0.2) is 0 Å². The molecule has 0 bridgehead atoms. The molecule has 3 rings (SSSR count). The number of ketones is 1. The van der Waals surface area contributed by atoms with Crippen molar-refractivity contribution in [2.75, 3.05) is 34.3 Å². The summed E-state index contributed by atoms with van der Waals surface area (Å²) in [4.78, 5) is 37.9. The second kappa shape index (κ2) is 9.26. The van der Waals surface area contributed by atoms with E-state index in [0.29, 0.717) is 35.8 Å². The number of carbonyl (C=O) groups is 2. The minimum absolute atomic E-state index is 0.0515. The molecule has 0 radical (unpaired) electrons. The summed E-state index contributed by atoms with van der Waals surface area (Å²) in [7, 11) is 5.48. The summed E-state index contributed by atoms with van der Waals surface area (Å²) in [6.07, 6.45) is 2.18. The molecule has 1 atom stereocenters. The zero-order valence-electron chi connectivity index (χ0n) is 18.5. The van der Waals surface area contributed by atoms with Crippen LogP contribution in [0.4, 0.5) is 0 Å². The van der Waals surface area contributed by atoms with Gasteiger partial charge in [-0.1, -0.05) is 12.1 Å². The highest BCUT2D eigenvalue weighted by atomic mass is 16.5. The Hall–Kier alpha value is -3.26. The summed E-state index contributed by atoms with van der Waals surface area (Å²) >= 11 is 0. The molecule has 1 amide bonds. The van der Waals surface area contributed by atoms with Gasteiger partial charge in [-0.2, -0.15) is 0 Å². The number of hydrogen-bond acceptors (Lipinski definition) is 7. The Morgan fingerprint density at radius 3 is 2.45 bits per heavy atom. The smallest absolute Gasteiger partial charge is 0.295 e. The van der Waals surface area contributed by atoms with Gasteiger partial charge < -0.3 is 19.6 Å². The zero-order chi connectivity index (χ0) is 22.7. The van der Waals surface area contributed by atoms with Gasteiger partial charge in [-0.3, -0.25) is 9.59 Å². The van der Waals surface area contributed by atoms with Gasteiger partial charge in [0.25, 0.3) is 11.7 Å². The van der Waals surface area contributed by atoms with Crippen LogP contribution >= 0.6 is 0 Å². The van der Waals surface area contributed by atoms with Crippen LogP contribution in [0.3, 0.4) is 0 Å². The maximum atomic E-state index is 13.0. The standard InChI is InChI=1S/C23H28N4O4/c1-14-18(13-24-15(2)25-14)21(28)19-20(16-7-9-17(31-5)10-8-16)27(23(30)22(19)29)12-6-11-26(3)4/h7-10,13,20,28H,6,11-12H2,1-5H3/t20-/m0/s1. The quantitative estimate of drug-likeness (QED) is 0.414. The van der Waals surface area contributed by atoms with E-state index in [4.69, 9.17) is 4.74 Å². The van der Waals surface area contributed by atoms with Gasteiger partial charge in [-0.15, -0.1) is 0 Å². The number of carbonyl (C=O) groups excluding carboxylic acids is 2. The molecule has 164 valence electrons. The Balaban J connectivity index is 2.11. The molecule has 1 aromatic heterocycles. The lowest BCUT2D eigenvalue weighted by Crippen LogP contribution is -2.32. The Bertz CT molecular complexity index is 1010. The lowest BCUT2D eigenvalue weighted by Gasteiger charge is -2.26. The zero-order valence-corrected chi connectivity index (χ0v) is 18.5. The van der Waals surface area contributed by atoms with E-state index < -0.39 is 17.7 Å². The van der Waals surface area contributed by atoms with Gasteiger partial charge in [0.2, 0.25) is 0 Å². The number of methoxy groups -OCH3 is 1. The van der Waals surface area contributed by atoms with Gasteiger partial charge in [0, 0.05) is 12.7 Å². The number of aromatic nitrogens is 2. The third-order valence-electron chi connectivity index (χ3n) is 5.33. The number of nitrogens with zero attached hydrogens (tertiary/aromatic N) is 4. The molecule has 2 aromatic rings. The third kappa shape index (κ3) is 4.59. The Morgan fingerprint density at radius 2 is 1.87 bits per heavy atom. The fourth-order valence-electron chi connectivity index (χ4n) is 3.76. The summed E-state index contributed by atoms with van der Waals surface area (Å²) in [5.41, 5.74) is 1.65. The number of ether oxygens (including phenoxy) is 1. The van der Waals surface area contributed by atoms with Crippen molar-refractivity contribution in [1.82, 2.24) is 19.8 Å². The predicted molar refractivity (Wildman–Crippen MR) is 117 cm³/mol. The van der Waals surface area contributed by atoms with Crippen molar-refractivity contribution >= 4 is 17.4 Å². The van der Waals surface area contributed by atoms with Crippen molar-refractivity contribution < 1.29 is 19.4 Å². The van der Waals surface area contributed by atoms with Gasteiger partial charge in [0.05, 0.1) is 30.0 Å². The molecule has 0 saturated carbocycles. The maximum absolute atomic E-state index is 13.0. The van der Waals surface area contributed by atoms with Crippen molar-refractivity contribution in [3.05, 3.63) is 58.7 Å². The van der Waals surface area contributed by atoms with E-state index in [1.807, 2.05) is 19.0 Å². The van der Waals surface area contributed by atoms with E-state index >= 15 is 0 Å². The van der Waals surface area contributed by atoms with E-state index in [2.05, 4.69) is 9.97 Å². The van der Waals surface area contributed by atoms with Crippen LogP contribution in [0.25, 0.3) is 5.76 Å². The molecule has 1 aliphatic heterocycles. The number of aliphatic hydroxyl groups excluding tert-OH is 1. The van der Waals surface area contributed by atoms with Gasteiger partial charge in [-0.25, -0.2) is 9.97 Å². The average Bonchev–Trinajstić information content (AvgIpc) is 2.98. The van der Waals surface area contributed by atoms with Gasteiger partial charge in [-0.05, 0) is 58.6 Å². The summed E-state index contributed by atoms with van der Waals surface area (Å²) < 4.78 is 5.23. The highest BCUT2D eigenvalue weighted by Gasteiger charge is 2.46. The number of aliphatic hydroxyl groups is 1. The molecule has 2 heterocycles. The highest BCUT2D eigenvalue weighted by molar-refractivity contribution is 6.46. The van der Waals surface area contributed by atoms with E-state index in [-0.39, 0.29) is 11.3 Å². The molecule has 1 fully saturated rings. The lowest BCUT2D eigenvalue weighted by atomic mass is 9.95. The Labute approximate surface area is 182 Å². The molecule has 8 nitrogen and oxygen atoms in total. The molecule has 0 aliphatic carbocycles. The number of rotatable bonds is 7. The molecule has 1 N–H and O–H groups in total. The summed E-state index contributed by atoms with van der Waals surface area (Å²) in [6.45, 7) is 4.64. The first-order valence-electron chi connectivity index (χ1n) is 10.1. The number of Topliss-reactive ketones (excluding diaryl/α,β-unsaturated/α-hetero) is 1. The van der Waals surface area contributed by atoms with Crippen LogP contribution in [0.2, 0.25) is 0 Å². The molecule has 1 saturated heterocycles. The monoisotopic (exact) mass is 424 g/mol. The molecular formula is C23H28N4O4. The van der Waals surface area contributed by atoms with Gasteiger partial charge in [0.1, 0.15) is 17.3 Å². The average molecular weight is 425 g/mol. The summed E-state index contributed by atoms with van der Waals surface area (Å²) in [5, 5.41) is 11.1. The van der Waals surface area contributed by atoms with Crippen LogP contribution in [-0.4, -0.2) is 70.9 Å². The number of aryl methyl sites for hydroxylation is 2. The minimum atomic E-state index is -0.705. The molecular weight excluding hydrogens is 396 g/mol. The minimum Gasteiger partial charge on any atom is -0.507 e. The normalized spacial score (nSPS) is 18.1. The molecule has 8 heteroatoms. The van der Waals surface area contributed by atoms with Crippen LogP contribution in [0, 0.1) is 13.8 Å². The van der Waals surface area contributed by atoms with Crippen molar-refractivity contribution in [1.29, 1.82) is 0 Å². The van der Waals surface area contributed by atoms with Crippen LogP contribution in [0.15, 0.2) is 36.0 Å². The van der Waals surface area contributed by atoms with Crippen LogP contribution in [-0.2, 0) is 9.59 Å². The first-order valence-corrected chi connectivity index (χ1v) is 10.1. The largest absolute Gasteiger partial charge is 0.507 e. The Morgan fingerprint density at radius 1 is 1.19 bits per heavy atom. The molecule has 1 aromatic carbocycles. The van der Waals surface area contributed by atoms with E-state index in [1.165, 1.54) is 11.1 Å². The summed E-state index contributed by atoms with van der Waals surface area (Å²) in [5.74, 6) is -0.359. The molecule has 31 heavy (non-hydrogen) atoms. The second-order valence-corrected chi connectivity index (χ2v) is 7.84. The fourth-order valence-corrected chi connectivity index (χ4v) is 3.76. The molecule has 1 aliphatic rings. The van der Waals surface area contributed by atoms with Crippen molar-refractivity contribution in [2.24, 2.45) is 0 Å². The predicted octanol–water partition coefficient (Wildman–Crippen LogP) is 2.48. The molecule has 0 unspecified atom stereocenters. The fraction of sp³-hybridized carbons (Fsp3) is 0.391. The van der Waals surface area contributed by atoms with Crippen LogP contribution in [0.5, 0.6) is 5.75 Å². The van der Waals surface area contributed by atoms with E-state index in [1.54, 1.807) is 45.2 Å². The molecule has 0 spiro atoms. The Kier molecular flexibility index (Phi) is 6.70.